The highest BCUT2D eigenvalue weighted by Gasteiger charge is 2.29. The Bertz CT molecular complexity index is 974. The number of carboxylic acid groups (broad SMARTS) is 1. The minimum absolute atomic E-state index is 0.0000887. The van der Waals surface area contributed by atoms with Gasteiger partial charge in [0.1, 0.15) is 12.6 Å². The molecule has 0 heterocycles. The van der Waals surface area contributed by atoms with E-state index in [9.17, 15) is 19.5 Å². The first kappa shape index (κ1) is 25.3. The summed E-state index contributed by atoms with van der Waals surface area (Å²) in [5.41, 5.74) is 4.57. The van der Waals surface area contributed by atoms with Crippen LogP contribution in [0, 0.1) is 5.92 Å². The van der Waals surface area contributed by atoms with Gasteiger partial charge in [0.15, 0.2) is 0 Å². The van der Waals surface area contributed by atoms with Crippen LogP contribution in [0.5, 0.6) is 0 Å². The Hall–Kier alpha value is -3.35. The lowest BCUT2D eigenvalue weighted by Crippen LogP contribution is -2.45. The van der Waals surface area contributed by atoms with Gasteiger partial charge in [0.25, 0.3) is 0 Å². The molecule has 0 spiro atoms. The van der Waals surface area contributed by atoms with E-state index in [4.69, 9.17) is 4.74 Å². The molecule has 2 atom stereocenters. The van der Waals surface area contributed by atoms with E-state index < -0.39 is 30.1 Å². The number of benzene rings is 2. The van der Waals surface area contributed by atoms with Crippen molar-refractivity contribution in [1.82, 2.24) is 10.6 Å². The number of fused-ring (bicyclic) bond motifs is 3. The lowest BCUT2D eigenvalue weighted by Gasteiger charge is -2.21. The summed E-state index contributed by atoms with van der Waals surface area (Å²) in [5.74, 6) is -1.37. The molecule has 7 heteroatoms. The molecular formula is C27H34N2O5. The van der Waals surface area contributed by atoms with Crippen LogP contribution >= 0.6 is 0 Å². The second-order valence-electron chi connectivity index (χ2n) is 9.25. The number of hydrogen-bond donors (Lipinski definition) is 3. The topological polar surface area (TPSA) is 105 Å². The van der Waals surface area contributed by atoms with E-state index in [2.05, 4.69) is 34.9 Å². The Morgan fingerprint density at radius 1 is 0.971 bits per heavy atom. The molecule has 0 bridgehead atoms. The number of aliphatic carboxylic acids is 1. The zero-order chi connectivity index (χ0) is 24.7. The fraction of sp³-hybridized carbons (Fsp3) is 0.444. The molecule has 2 aromatic rings. The first-order valence-corrected chi connectivity index (χ1v) is 11.9. The van der Waals surface area contributed by atoms with Crippen molar-refractivity contribution in [3.63, 3.8) is 0 Å². The molecule has 0 aromatic heterocycles. The van der Waals surface area contributed by atoms with Crippen LogP contribution in [-0.2, 0) is 14.3 Å². The van der Waals surface area contributed by atoms with E-state index >= 15 is 0 Å². The number of amides is 2. The van der Waals surface area contributed by atoms with Crippen LogP contribution in [-0.4, -0.2) is 41.8 Å². The van der Waals surface area contributed by atoms with Crippen molar-refractivity contribution in [2.24, 2.45) is 5.92 Å². The largest absolute Gasteiger partial charge is 0.480 e. The molecule has 1 aliphatic carbocycles. The van der Waals surface area contributed by atoms with Crippen molar-refractivity contribution in [2.75, 3.05) is 6.61 Å². The number of nitrogens with one attached hydrogen (secondary N) is 2. The van der Waals surface area contributed by atoms with Crippen LogP contribution in [0.4, 0.5) is 4.79 Å². The Labute approximate surface area is 200 Å². The van der Waals surface area contributed by atoms with Crippen LogP contribution in [0.1, 0.15) is 63.5 Å². The maximum absolute atomic E-state index is 12.6. The molecule has 3 rings (SSSR count). The number of carboxylic acids is 1. The number of alkyl carbamates (subject to hydrolysis) is 1. The van der Waals surface area contributed by atoms with Crippen LogP contribution in [0.3, 0.4) is 0 Å². The van der Waals surface area contributed by atoms with Crippen LogP contribution < -0.4 is 10.6 Å². The van der Waals surface area contributed by atoms with Crippen molar-refractivity contribution in [2.45, 2.75) is 64.5 Å². The molecule has 0 unspecified atom stereocenters. The number of carbonyl (C=O) groups is 3. The SMILES string of the molecule is CCC[C@H](CC(=O)N[C@@H](CC(C)C)C(=O)O)NC(=O)OCC1c2ccccc2-c2ccccc21. The Kier molecular flexibility index (Phi) is 8.68. The predicted octanol–water partition coefficient (Wildman–Crippen LogP) is 4.70. The van der Waals surface area contributed by atoms with Crippen molar-refractivity contribution >= 4 is 18.0 Å². The normalized spacial score (nSPS) is 14.1. The Balaban J connectivity index is 1.58. The summed E-state index contributed by atoms with van der Waals surface area (Å²) in [6.07, 6.45) is 1.11. The molecule has 0 saturated heterocycles. The molecule has 0 aliphatic heterocycles. The summed E-state index contributed by atoms with van der Waals surface area (Å²) in [6, 6.07) is 14.9. The van der Waals surface area contributed by atoms with Gasteiger partial charge in [-0.25, -0.2) is 9.59 Å². The minimum Gasteiger partial charge on any atom is -0.480 e. The second kappa shape index (κ2) is 11.7. The number of hydrogen-bond acceptors (Lipinski definition) is 4. The lowest BCUT2D eigenvalue weighted by molar-refractivity contribution is -0.142. The smallest absolute Gasteiger partial charge is 0.407 e. The summed E-state index contributed by atoms with van der Waals surface area (Å²) >= 11 is 0. The first-order chi connectivity index (χ1) is 16.3. The number of rotatable bonds is 11. The highest BCUT2D eigenvalue weighted by Crippen LogP contribution is 2.44. The standard InChI is InChI=1S/C27H34N2O5/c1-4-9-18(15-25(30)29-24(26(31)32)14-17(2)3)28-27(33)34-16-23-21-12-7-5-10-19(21)20-11-6-8-13-22(20)23/h5-8,10-13,17-18,23-24H,4,9,14-16H2,1-3H3,(H,28,33)(H,29,30)(H,31,32)/t18-,24+/m1/s1. The molecule has 2 amide bonds. The second-order valence-corrected chi connectivity index (χ2v) is 9.25. The fourth-order valence-corrected chi connectivity index (χ4v) is 4.55. The third-order valence-electron chi connectivity index (χ3n) is 6.08. The summed E-state index contributed by atoms with van der Waals surface area (Å²) in [6.45, 7) is 5.96. The van der Waals surface area contributed by atoms with Gasteiger partial charge in [-0.1, -0.05) is 75.7 Å². The van der Waals surface area contributed by atoms with Gasteiger partial charge < -0.3 is 20.5 Å². The molecule has 0 fully saturated rings. The van der Waals surface area contributed by atoms with Crippen molar-refractivity contribution in [3.05, 3.63) is 59.7 Å². The third kappa shape index (κ3) is 6.37. The highest BCUT2D eigenvalue weighted by atomic mass is 16.5. The first-order valence-electron chi connectivity index (χ1n) is 11.9. The van der Waals surface area contributed by atoms with Crippen molar-refractivity contribution in [3.8, 4) is 11.1 Å². The molecule has 1 aliphatic rings. The van der Waals surface area contributed by atoms with E-state index in [0.717, 1.165) is 28.7 Å². The van der Waals surface area contributed by atoms with Gasteiger partial charge in [-0.3, -0.25) is 4.79 Å². The van der Waals surface area contributed by atoms with Crippen molar-refractivity contribution in [1.29, 1.82) is 0 Å². The summed E-state index contributed by atoms with van der Waals surface area (Å²) in [7, 11) is 0. The highest BCUT2D eigenvalue weighted by molar-refractivity contribution is 5.84. The molecule has 7 nitrogen and oxygen atoms in total. The molecule has 182 valence electrons. The van der Waals surface area contributed by atoms with Gasteiger partial charge in [-0.15, -0.1) is 0 Å². The van der Waals surface area contributed by atoms with E-state index in [1.807, 2.05) is 45.0 Å². The summed E-state index contributed by atoms with van der Waals surface area (Å²) in [4.78, 5) is 36.5. The molecular weight excluding hydrogens is 432 g/mol. The van der Waals surface area contributed by atoms with E-state index in [-0.39, 0.29) is 24.9 Å². The average molecular weight is 467 g/mol. The molecule has 34 heavy (non-hydrogen) atoms. The number of carbonyl (C=O) groups excluding carboxylic acids is 2. The van der Waals surface area contributed by atoms with Gasteiger partial charge in [0.2, 0.25) is 5.91 Å². The van der Waals surface area contributed by atoms with E-state index in [1.165, 1.54) is 0 Å². The predicted molar refractivity (Wildman–Crippen MR) is 131 cm³/mol. The van der Waals surface area contributed by atoms with Crippen LogP contribution in [0.2, 0.25) is 0 Å². The van der Waals surface area contributed by atoms with Crippen LogP contribution in [0.15, 0.2) is 48.5 Å². The Morgan fingerprint density at radius 2 is 1.56 bits per heavy atom. The lowest BCUT2D eigenvalue weighted by atomic mass is 9.98. The van der Waals surface area contributed by atoms with E-state index in [0.29, 0.717) is 12.8 Å². The summed E-state index contributed by atoms with van der Waals surface area (Å²) in [5, 5.41) is 14.7. The molecule has 2 aromatic carbocycles. The zero-order valence-electron chi connectivity index (χ0n) is 20.0. The molecule has 0 saturated carbocycles. The van der Waals surface area contributed by atoms with Crippen LogP contribution in [0.25, 0.3) is 11.1 Å². The molecule has 0 radical (unpaired) electrons. The molecule has 3 N–H and O–H groups in total. The van der Waals surface area contributed by atoms with Gasteiger partial charge >= 0.3 is 12.1 Å². The number of ether oxygens (including phenoxy) is 1. The monoisotopic (exact) mass is 466 g/mol. The van der Waals surface area contributed by atoms with Crippen molar-refractivity contribution < 1.29 is 24.2 Å². The van der Waals surface area contributed by atoms with E-state index in [1.54, 1.807) is 0 Å². The van der Waals surface area contributed by atoms with Gasteiger partial charge in [-0.05, 0) is 41.0 Å². The fourth-order valence-electron chi connectivity index (χ4n) is 4.55. The van der Waals surface area contributed by atoms with Gasteiger partial charge in [0.05, 0.1) is 0 Å². The maximum Gasteiger partial charge on any atom is 0.407 e. The third-order valence-corrected chi connectivity index (χ3v) is 6.08. The quantitative estimate of drug-likeness (QED) is 0.445. The van der Waals surface area contributed by atoms with Gasteiger partial charge in [0, 0.05) is 18.4 Å². The summed E-state index contributed by atoms with van der Waals surface area (Å²) < 4.78 is 5.59. The zero-order valence-corrected chi connectivity index (χ0v) is 20.0. The van der Waals surface area contributed by atoms with Gasteiger partial charge in [-0.2, -0.15) is 0 Å². The Morgan fingerprint density at radius 3 is 2.09 bits per heavy atom. The average Bonchev–Trinajstić information content (AvgIpc) is 3.11. The minimum atomic E-state index is -1.06. The maximum atomic E-state index is 12.6.